The molecule has 3 rings (SSSR count). The molecule has 0 bridgehead atoms. The van der Waals surface area contributed by atoms with E-state index in [9.17, 15) is 4.79 Å². The van der Waals surface area contributed by atoms with Gasteiger partial charge in [-0.3, -0.25) is 4.79 Å². The number of methoxy groups -OCH3 is 1. The number of carbonyl (C=O) groups excluding carboxylic acids is 1. The second kappa shape index (κ2) is 5.60. The van der Waals surface area contributed by atoms with Gasteiger partial charge in [-0.1, -0.05) is 28.1 Å². The van der Waals surface area contributed by atoms with Crippen LogP contribution in [0.5, 0.6) is 0 Å². The molecule has 106 valence electrons. The zero-order valence-electron chi connectivity index (χ0n) is 11.3. The molecule has 3 unspecified atom stereocenters. The number of carbonyl (C=O) groups is 1. The van der Waals surface area contributed by atoms with Gasteiger partial charge in [-0.25, -0.2) is 0 Å². The number of cyclic esters (lactones) is 1. The topological polar surface area (TPSA) is 35.5 Å². The summed E-state index contributed by atoms with van der Waals surface area (Å²) in [5.74, 6) is 0.425. The Balaban J connectivity index is 1.94. The van der Waals surface area contributed by atoms with E-state index < -0.39 is 0 Å². The van der Waals surface area contributed by atoms with Crippen molar-refractivity contribution in [3.8, 4) is 0 Å². The van der Waals surface area contributed by atoms with Crippen molar-refractivity contribution < 1.29 is 14.3 Å². The zero-order chi connectivity index (χ0) is 14.1. The first-order valence-corrected chi connectivity index (χ1v) is 7.61. The van der Waals surface area contributed by atoms with Gasteiger partial charge in [0.05, 0.1) is 25.9 Å². The average Bonchev–Trinajstić information content (AvgIpc) is 2.81. The molecule has 0 N–H and O–H groups in total. The number of esters is 1. The average molecular weight is 337 g/mol. The molecule has 4 heteroatoms. The van der Waals surface area contributed by atoms with Crippen molar-refractivity contribution in [1.29, 1.82) is 0 Å². The lowest BCUT2D eigenvalue weighted by atomic mass is 9.69. The summed E-state index contributed by atoms with van der Waals surface area (Å²) >= 11 is 3.45. The fourth-order valence-corrected chi connectivity index (χ4v) is 3.65. The maximum absolute atomic E-state index is 12.0. The lowest BCUT2D eigenvalue weighted by molar-refractivity contribution is -0.141. The van der Waals surface area contributed by atoms with Gasteiger partial charge in [0, 0.05) is 16.3 Å². The third kappa shape index (κ3) is 2.49. The van der Waals surface area contributed by atoms with Crippen LogP contribution in [0.15, 0.2) is 40.6 Å². The van der Waals surface area contributed by atoms with Crippen molar-refractivity contribution in [2.75, 3.05) is 13.7 Å². The summed E-state index contributed by atoms with van der Waals surface area (Å²) in [6, 6.07) is 8.23. The Labute approximate surface area is 127 Å². The molecule has 0 spiro atoms. The van der Waals surface area contributed by atoms with Crippen molar-refractivity contribution in [3.05, 3.63) is 46.1 Å². The molecule has 0 radical (unpaired) electrons. The second-order valence-corrected chi connectivity index (χ2v) is 6.41. The smallest absolute Gasteiger partial charge is 0.310 e. The van der Waals surface area contributed by atoms with Gasteiger partial charge in [0.2, 0.25) is 0 Å². The van der Waals surface area contributed by atoms with Crippen LogP contribution in [0.25, 0.3) is 0 Å². The molecule has 2 fully saturated rings. The molecular weight excluding hydrogens is 320 g/mol. The Morgan fingerprint density at radius 2 is 2.05 bits per heavy atom. The summed E-state index contributed by atoms with van der Waals surface area (Å²) in [4.78, 5) is 12.0. The van der Waals surface area contributed by atoms with Crippen molar-refractivity contribution in [2.24, 2.45) is 11.8 Å². The molecule has 0 amide bonds. The minimum atomic E-state index is -0.0422. The number of benzene rings is 1. The second-order valence-electron chi connectivity index (χ2n) is 5.49. The van der Waals surface area contributed by atoms with Crippen molar-refractivity contribution >= 4 is 21.9 Å². The fourth-order valence-electron chi connectivity index (χ4n) is 3.39. The van der Waals surface area contributed by atoms with Crippen molar-refractivity contribution in [1.82, 2.24) is 0 Å². The maximum Gasteiger partial charge on any atom is 0.310 e. The molecule has 1 aliphatic carbocycles. The van der Waals surface area contributed by atoms with Gasteiger partial charge >= 0.3 is 5.97 Å². The summed E-state index contributed by atoms with van der Waals surface area (Å²) in [6.07, 6.45) is 3.59. The van der Waals surface area contributed by atoms with Crippen LogP contribution in [0, 0.1) is 11.8 Å². The SMILES string of the molecule is CO/C=C1/CC2COC(=O)C2C(c2ccc(Br)cc2)C1. The summed E-state index contributed by atoms with van der Waals surface area (Å²) < 4.78 is 11.5. The van der Waals surface area contributed by atoms with Gasteiger partial charge < -0.3 is 9.47 Å². The van der Waals surface area contributed by atoms with Crippen LogP contribution in [-0.4, -0.2) is 19.7 Å². The van der Waals surface area contributed by atoms with Crippen LogP contribution in [0.1, 0.15) is 24.3 Å². The molecule has 20 heavy (non-hydrogen) atoms. The molecule has 1 saturated heterocycles. The highest BCUT2D eigenvalue weighted by Gasteiger charge is 2.46. The number of ether oxygens (including phenoxy) is 2. The van der Waals surface area contributed by atoms with E-state index in [4.69, 9.17) is 9.47 Å². The van der Waals surface area contributed by atoms with E-state index in [1.807, 2.05) is 18.4 Å². The molecule has 1 aromatic carbocycles. The standard InChI is InChI=1S/C16H17BrO3/c1-19-8-10-6-12-9-20-16(18)15(12)14(7-10)11-2-4-13(17)5-3-11/h2-5,8,12,14-15H,6-7,9H2,1H3/b10-8-. The predicted molar refractivity (Wildman–Crippen MR) is 79.1 cm³/mol. The molecule has 1 aromatic rings. The van der Waals surface area contributed by atoms with Gasteiger partial charge in [0.25, 0.3) is 0 Å². The molecule has 0 aromatic heterocycles. The minimum Gasteiger partial charge on any atom is -0.504 e. The Bertz CT molecular complexity index is 535. The van der Waals surface area contributed by atoms with Crippen molar-refractivity contribution in [2.45, 2.75) is 18.8 Å². The van der Waals surface area contributed by atoms with E-state index in [1.54, 1.807) is 7.11 Å². The van der Waals surface area contributed by atoms with Gasteiger partial charge in [-0.05, 0) is 36.1 Å². The van der Waals surface area contributed by atoms with Crippen LogP contribution < -0.4 is 0 Å². The molecule has 3 nitrogen and oxygen atoms in total. The highest BCUT2D eigenvalue weighted by molar-refractivity contribution is 9.10. The summed E-state index contributed by atoms with van der Waals surface area (Å²) in [5.41, 5.74) is 2.46. The Hall–Kier alpha value is -1.29. The van der Waals surface area contributed by atoms with E-state index >= 15 is 0 Å². The van der Waals surface area contributed by atoms with E-state index in [0.717, 1.165) is 17.3 Å². The number of hydrogen-bond acceptors (Lipinski definition) is 3. The van der Waals surface area contributed by atoms with Gasteiger partial charge in [0.1, 0.15) is 0 Å². The fraction of sp³-hybridized carbons (Fsp3) is 0.438. The summed E-state index contributed by atoms with van der Waals surface area (Å²) in [7, 11) is 1.67. The van der Waals surface area contributed by atoms with E-state index in [-0.39, 0.29) is 23.7 Å². The van der Waals surface area contributed by atoms with Crippen LogP contribution in [0.2, 0.25) is 0 Å². The number of halogens is 1. The number of hydrogen-bond donors (Lipinski definition) is 0. The van der Waals surface area contributed by atoms with E-state index in [0.29, 0.717) is 6.61 Å². The third-order valence-corrected chi connectivity index (χ3v) is 4.77. The Kier molecular flexibility index (Phi) is 3.83. The molecule has 2 aliphatic rings. The van der Waals surface area contributed by atoms with Crippen LogP contribution in [0.3, 0.4) is 0 Å². The molecular formula is C16H17BrO3. The van der Waals surface area contributed by atoms with E-state index in [1.165, 1.54) is 11.1 Å². The molecule has 3 atom stereocenters. The summed E-state index contributed by atoms with van der Waals surface area (Å²) in [6.45, 7) is 0.539. The predicted octanol–water partition coefficient (Wildman–Crippen LogP) is 3.65. The number of allylic oxidation sites excluding steroid dienone is 1. The van der Waals surface area contributed by atoms with Gasteiger partial charge in [-0.15, -0.1) is 0 Å². The van der Waals surface area contributed by atoms with Crippen LogP contribution in [-0.2, 0) is 14.3 Å². The zero-order valence-corrected chi connectivity index (χ0v) is 12.9. The van der Waals surface area contributed by atoms with Crippen LogP contribution >= 0.6 is 15.9 Å². The first kappa shape index (κ1) is 13.7. The summed E-state index contributed by atoms with van der Waals surface area (Å²) in [5, 5.41) is 0. The highest BCUT2D eigenvalue weighted by atomic mass is 79.9. The number of fused-ring (bicyclic) bond motifs is 1. The Morgan fingerprint density at radius 1 is 1.30 bits per heavy atom. The third-order valence-electron chi connectivity index (χ3n) is 4.24. The van der Waals surface area contributed by atoms with Gasteiger partial charge in [-0.2, -0.15) is 0 Å². The van der Waals surface area contributed by atoms with E-state index in [2.05, 4.69) is 28.1 Å². The highest BCUT2D eigenvalue weighted by Crippen LogP contribution is 2.47. The number of rotatable bonds is 2. The lowest BCUT2D eigenvalue weighted by Gasteiger charge is -2.32. The maximum atomic E-state index is 12.0. The lowest BCUT2D eigenvalue weighted by Crippen LogP contribution is -2.29. The Morgan fingerprint density at radius 3 is 2.75 bits per heavy atom. The normalized spacial score (nSPS) is 31.0. The van der Waals surface area contributed by atoms with Crippen LogP contribution in [0.4, 0.5) is 0 Å². The first-order valence-electron chi connectivity index (χ1n) is 6.82. The molecule has 1 saturated carbocycles. The molecule has 1 heterocycles. The molecule has 1 aliphatic heterocycles. The van der Waals surface area contributed by atoms with Gasteiger partial charge in [0.15, 0.2) is 0 Å². The first-order chi connectivity index (χ1) is 9.69. The monoisotopic (exact) mass is 336 g/mol. The van der Waals surface area contributed by atoms with Crippen molar-refractivity contribution in [3.63, 3.8) is 0 Å². The minimum absolute atomic E-state index is 0.00909. The largest absolute Gasteiger partial charge is 0.504 e. The quantitative estimate of drug-likeness (QED) is 0.610.